The third-order valence-corrected chi connectivity index (χ3v) is 8.77. The molecule has 8 heteroatoms. The van der Waals surface area contributed by atoms with E-state index in [4.69, 9.17) is 16.6 Å². The molecule has 4 rings (SSSR count). The SMILES string of the molecule is CCCc1sc(NC(=O)CCCS(=O)(=O)c2ccc(Cl)cc2)nc1-c1ccc(-c2ccccc2)cc1. The molecule has 0 saturated heterocycles. The van der Waals surface area contributed by atoms with Crippen molar-refractivity contribution in [3.05, 3.63) is 88.8 Å². The Morgan fingerprint density at radius 1 is 0.917 bits per heavy atom. The van der Waals surface area contributed by atoms with Crippen molar-refractivity contribution >= 4 is 43.8 Å². The van der Waals surface area contributed by atoms with Crippen LogP contribution in [-0.4, -0.2) is 25.1 Å². The molecule has 0 aliphatic rings. The minimum atomic E-state index is -3.47. The molecule has 0 atom stereocenters. The van der Waals surface area contributed by atoms with E-state index >= 15 is 0 Å². The number of nitrogens with zero attached hydrogens (tertiary/aromatic N) is 1. The smallest absolute Gasteiger partial charge is 0.226 e. The molecule has 0 aliphatic heterocycles. The van der Waals surface area contributed by atoms with Crippen LogP contribution in [0.5, 0.6) is 0 Å². The number of carbonyl (C=O) groups excluding carboxylic acids is 1. The van der Waals surface area contributed by atoms with E-state index in [0.717, 1.165) is 40.1 Å². The molecule has 36 heavy (non-hydrogen) atoms. The van der Waals surface area contributed by atoms with E-state index in [9.17, 15) is 13.2 Å². The maximum absolute atomic E-state index is 12.5. The number of thiazole rings is 1. The summed E-state index contributed by atoms with van der Waals surface area (Å²) in [7, 11) is -3.47. The normalized spacial score (nSPS) is 11.4. The predicted molar refractivity (Wildman–Crippen MR) is 148 cm³/mol. The summed E-state index contributed by atoms with van der Waals surface area (Å²) in [6.07, 6.45) is 2.14. The molecule has 0 saturated carbocycles. The van der Waals surface area contributed by atoms with Crippen molar-refractivity contribution < 1.29 is 13.2 Å². The van der Waals surface area contributed by atoms with Crippen molar-refractivity contribution in [2.45, 2.75) is 37.5 Å². The second kappa shape index (κ2) is 11.8. The zero-order valence-corrected chi connectivity index (χ0v) is 22.3. The number of sulfone groups is 1. The van der Waals surface area contributed by atoms with Crippen molar-refractivity contribution in [2.24, 2.45) is 0 Å². The fourth-order valence-corrected chi connectivity index (χ4v) is 6.38. The lowest BCUT2D eigenvalue weighted by atomic mass is 10.0. The van der Waals surface area contributed by atoms with Crippen molar-refractivity contribution in [3.8, 4) is 22.4 Å². The third-order valence-electron chi connectivity index (χ3n) is 5.68. The van der Waals surface area contributed by atoms with Crippen molar-refractivity contribution in [2.75, 3.05) is 11.1 Å². The van der Waals surface area contributed by atoms with E-state index in [1.165, 1.54) is 23.5 Å². The minimum absolute atomic E-state index is 0.0939. The molecule has 1 amide bonds. The predicted octanol–water partition coefficient (Wildman–Crippen LogP) is 7.28. The summed E-state index contributed by atoms with van der Waals surface area (Å²) < 4.78 is 25.0. The van der Waals surface area contributed by atoms with E-state index in [0.29, 0.717) is 10.2 Å². The fraction of sp³-hybridized carbons (Fsp3) is 0.214. The Balaban J connectivity index is 1.40. The van der Waals surface area contributed by atoms with Gasteiger partial charge in [0.25, 0.3) is 0 Å². The first-order valence-electron chi connectivity index (χ1n) is 11.8. The zero-order chi connectivity index (χ0) is 25.5. The number of carbonyl (C=O) groups is 1. The van der Waals surface area contributed by atoms with E-state index in [2.05, 4.69) is 48.6 Å². The molecule has 4 aromatic rings. The number of halogens is 1. The van der Waals surface area contributed by atoms with Crippen LogP contribution in [0, 0.1) is 0 Å². The average Bonchev–Trinajstić information content (AvgIpc) is 3.27. The van der Waals surface area contributed by atoms with Gasteiger partial charge in [0.1, 0.15) is 0 Å². The highest BCUT2D eigenvalue weighted by atomic mass is 35.5. The summed E-state index contributed by atoms with van der Waals surface area (Å²) >= 11 is 7.31. The van der Waals surface area contributed by atoms with Gasteiger partial charge in [0.2, 0.25) is 5.91 Å². The molecule has 0 fully saturated rings. The first-order valence-corrected chi connectivity index (χ1v) is 14.6. The van der Waals surface area contributed by atoms with Crippen LogP contribution in [0.3, 0.4) is 0 Å². The highest BCUT2D eigenvalue weighted by molar-refractivity contribution is 7.91. The largest absolute Gasteiger partial charge is 0.302 e. The van der Waals surface area contributed by atoms with Gasteiger partial charge < -0.3 is 5.32 Å². The van der Waals surface area contributed by atoms with Crippen molar-refractivity contribution in [1.29, 1.82) is 0 Å². The second-order valence-corrected chi connectivity index (χ2v) is 12.0. The van der Waals surface area contributed by atoms with E-state index in [-0.39, 0.29) is 29.4 Å². The van der Waals surface area contributed by atoms with E-state index < -0.39 is 9.84 Å². The quantitative estimate of drug-likeness (QED) is 0.230. The van der Waals surface area contributed by atoms with Crippen LogP contribution in [-0.2, 0) is 21.1 Å². The van der Waals surface area contributed by atoms with Crippen LogP contribution in [0.2, 0.25) is 5.02 Å². The first kappa shape index (κ1) is 26.1. The number of aryl methyl sites for hydroxylation is 1. The monoisotopic (exact) mass is 538 g/mol. The molecule has 1 heterocycles. The van der Waals surface area contributed by atoms with Crippen LogP contribution in [0.1, 0.15) is 31.1 Å². The molecule has 5 nitrogen and oxygen atoms in total. The highest BCUT2D eigenvalue weighted by Gasteiger charge is 2.17. The van der Waals surface area contributed by atoms with Gasteiger partial charge in [-0.2, -0.15) is 0 Å². The maximum Gasteiger partial charge on any atom is 0.226 e. The van der Waals surface area contributed by atoms with Gasteiger partial charge in [-0.25, -0.2) is 13.4 Å². The van der Waals surface area contributed by atoms with Gasteiger partial charge in [0.05, 0.1) is 16.3 Å². The van der Waals surface area contributed by atoms with Gasteiger partial charge >= 0.3 is 0 Å². The molecule has 0 bridgehead atoms. The Kier molecular flexibility index (Phi) is 8.56. The molecule has 1 aromatic heterocycles. The maximum atomic E-state index is 12.5. The van der Waals surface area contributed by atoms with Crippen LogP contribution in [0.15, 0.2) is 83.8 Å². The van der Waals surface area contributed by atoms with Gasteiger partial charge in [-0.3, -0.25) is 4.79 Å². The third kappa shape index (κ3) is 6.60. The number of hydrogen-bond donors (Lipinski definition) is 1. The lowest BCUT2D eigenvalue weighted by Gasteiger charge is -2.05. The highest BCUT2D eigenvalue weighted by Crippen LogP contribution is 2.33. The Labute approximate surface area is 221 Å². The van der Waals surface area contributed by atoms with Gasteiger partial charge in [0, 0.05) is 21.9 Å². The molecule has 1 N–H and O–H groups in total. The molecule has 0 radical (unpaired) electrons. The van der Waals surface area contributed by atoms with Gasteiger partial charge in [-0.1, -0.05) is 79.5 Å². The first-order chi connectivity index (χ1) is 17.4. The summed E-state index contributed by atoms with van der Waals surface area (Å²) in [5.41, 5.74) is 4.17. The molecular weight excluding hydrogens is 512 g/mol. The molecule has 186 valence electrons. The van der Waals surface area contributed by atoms with E-state index in [1.807, 2.05) is 18.2 Å². The van der Waals surface area contributed by atoms with Gasteiger partial charge in [-0.15, -0.1) is 11.3 Å². The van der Waals surface area contributed by atoms with Gasteiger partial charge in [-0.05, 0) is 48.2 Å². The number of nitrogens with one attached hydrogen (secondary N) is 1. The number of amides is 1. The molecule has 0 aliphatic carbocycles. The lowest BCUT2D eigenvalue weighted by Crippen LogP contribution is -2.14. The number of aromatic nitrogens is 1. The Morgan fingerprint density at radius 3 is 2.22 bits per heavy atom. The van der Waals surface area contributed by atoms with Crippen molar-refractivity contribution in [1.82, 2.24) is 4.98 Å². The zero-order valence-electron chi connectivity index (χ0n) is 19.9. The molecular formula is C28H27ClN2O3S2. The Morgan fingerprint density at radius 2 is 1.56 bits per heavy atom. The lowest BCUT2D eigenvalue weighted by molar-refractivity contribution is -0.116. The number of anilines is 1. The Hall–Kier alpha value is -3.00. The summed E-state index contributed by atoms with van der Waals surface area (Å²) in [5, 5.41) is 3.87. The molecule has 3 aromatic carbocycles. The topological polar surface area (TPSA) is 76.1 Å². The number of rotatable bonds is 10. The fourth-order valence-electron chi connectivity index (χ4n) is 3.84. The second-order valence-electron chi connectivity index (χ2n) is 8.41. The molecule has 0 unspecified atom stereocenters. The summed E-state index contributed by atoms with van der Waals surface area (Å²) in [6.45, 7) is 2.11. The van der Waals surface area contributed by atoms with Crippen LogP contribution in [0.4, 0.5) is 5.13 Å². The standard InChI is InChI=1S/C28H27ClN2O3S2/c1-2-7-25-27(22-13-11-21(12-14-22)20-8-4-3-5-9-20)31-28(35-25)30-26(32)10-6-19-36(33,34)24-17-15-23(29)16-18-24/h3-5,8-9,11-18H,2,6-7,10,19H2,1H3,(H,30,31,32). The number of hydrogen-bond acceptors (Lipinski definition) is 5. The van der Waals surface area contributed by atoms with Crippen LogP contribution < -0.4 is 5.32 Å². The van der Waals surface area contributed by atoms with Crippen LogP contribution in [0.25, 0.3) is 22.4 Å². The average molecular weight is 539 g/mol. The summed E-state index contributed by atoms with van der Waals surface area (Å²) in [6, 6.07) is 24.5. The summed E-state index contributed by atoms with van der Waals surface area (Å²) in [4.78, 5) is 18.6. The minimum Gasteiger partial charge on any atom is -0.302 e. The van der Waals surface area contributed by atoms with Crippen molar-refractivity contribution in [3.63, 3.8) is 0 Å². The summed E-state index contributed by atoms with van der Waals surface area (Å²) in [5.74, 6) is -0.357. The molecule has 0 spiro atoms. The van der Waals surface area contributed by atoms with Crippen LogP contribution >= 0.6 is 22.9 Å². The van der Waals surface area contributed by atoms with Gasteiger partial charge in [0.15, 0.2) is 15.0 Å². The Bertz CT molecular complexity index is 1420. The number of benzene rings is 3. The van der Waals surface area contributed by atoms with E-state index in [1.54, 1.807) is 12.1 Å².